The first-order valence-corrected chi connectivity index (χ1v) is 6.41. The maximum absolute atomic E-state index is 11.3. The van der Waals surface area contributed by atoms with E-state index >= 15 is 0 Å². The molecule has 0 amide bonds. The lowest BCUT2D eigenvalue weighted by Crippen LogP contribution is -2.12. The van der Waals surface area contributed by atoms with Gasteiger partial charge in [-0.25, -0.2) is 9.78 Å². The number of nitrogens with zero attached hydrogens (tertiary/aromatic N) is 2. The van der Waals surface area contributed by atoms with Crippen LogP contribution in [0.5, 0.6) is 0 Å². The van der Waals surface area contributed by atoms with Crippen LogP contribution in [-0.4, -0.2) is 38.8 Å². The van der Waals surface area contributed by atoms with Crippen molar-refractivity contribution in [2.45, 2.75) is 13.5 Å². The second-order valence-corrected chi connectivity index (χ2v) is 4.87. The fraction of sp³-hybridized carbons (Fsp3) is 0.556. The Morgan fingerprint density at radius 2 is 2.25 bits per heavy atom. The molecule has 1 unspecified atom stereocenters. The molecule has 16 heavy (non-hydrogen) atoms. The summed E-state index contributed by atoms with van der Waals surface area (Å²) in [6, 6.07) is 0. The predicted octanol–water partition coefficient (Wildman–Crippen LogP) is -0.0612. The topological polar surface area (TPSA) is 87.2 Å². The van der Waals surface area contributed by atoms with Gasteiger partial charge in [-0.1, -0.05) is 0 Å². The molecule has 7 heteroatoms. The van der Waals surface area contributed by atoms with Gasteiger partial charge in [-0.3, -0.25) is 4.21 Å². The number of nitrogens with two attached hydrogens (primary N) is 1. The molecular formula is C9H15N3O3S. The minimum Gasteiger partial charge on any atom is -0.464 e. The molecule has 0 aliphatic heterocycles. The van der Waals surface area contributed by atoms with Crippen molar-refractivity contribution in [1.29, 1.82) is 0 Å². The van der Waals surface area contributed by atoms with Crippen molar-refractivity contribution in [1.82, 2.24) is 9.55 Å². The van der Waals surface area contributed by atoms with Gasteiger partial charge in [-0.2, -0.15) is 0 Å². The zero-order valence-corrected chi connectivity index (χ0v) is 10.3. The van der Waals surface area contributed by atoms with Gasteiger partial charge >= 0.3 is 5.97 Å². The van der Waals surface area contributed by atoms with Crippen LogP contribution in [0.15, 0.2) is 0 Å². The van der Waals surface area contributed by atoms with Gasteiger partial charge in [0.05, 0.1) is 7.11 Å². The van der Waals surface area contributed by atoms with Crippen LogP contribution in [0.25, 0.3) is 0 Å². The number of esters is 1. The van der Waals surface area contributed by atoms with E-state index in [2.05, 4.69) is 9.72 Å². The predicted molar refractivity (Wildman–Crippen MR) is 61.6 cm³/mol. The lowest BCUT2D eigenvalue weighted by Gasteiger charge is -2.05. The summed E-state index contributed by atoms with van der Waals surface area (Å²) < 4.78 is 17.2. The van der Waals surface area contributed by atoms with Crippen molar-refractivity contribution in [3.8, 4) is 0 Å². The molecule has 0 spiro atoms. The number of rotatable bonds is 4. The Balaban J connectivity index is 2.97. The van der Waals surface area contributed by atoms with Crippen LogP contribution in [-0.2, 0) is 22.1 Å². The van der Waals surface area contributed by atoms with Gasteiger partial charge in [0.25, 0.3) is 0 Å². The van der Waals surface area contributed by atoms with Crippen LogP contribution in [0, 0.1) is 6.92 Å². The van der Waals surface area contributed by atoms with Crippen molar-refractivity contribution < 1.29 is 13.7 Å². The zero-order chi connectivity index (χ0) is 12.3. The molecule has 0 bridgehead atoms. The summed E-state index contributed by atoms with van der Waals surface area (Å²) in [4.78, 5) is 15.3. The second-order valence-electron chi connectivity index (χ2n) is 3.31. The summed E-state index contributed by atoms with van der Waals surface area (Å²) in [6.45, 7) is 2.21. The fourth-order valence-corrected chi connectivity index (χ4v) is 1.77. The third-order valence-electron chi connectivity index (χ3n) is 2.18. The third kappa shape index (κ3) is 2.60. The summed E-state index contributed by atoms with van der Waals surface area (Å²) in [5, 5.41) is 0. The number of anilines is 1. The number of ether oxygens (including phenoxy) is 1. The molecule has 90 valence electrons. The molecule has 0 aliphatic rings. The highest BCUT2D eigenvalue weighted by atomic mass is 32.2. The van der Waals surface area contributed by atoms with Gasteiger partial charge in [-0.05, 0) is 6.92 Å². The van der Waals surface area contributed by atoms with E-state index in [0.717, 1.165) is 0 Å². The molecule has 1 atom stereocenters. The zero-order valence-electron chi connectivity index (χ0n) is 9.52. The second kappa shape index (κ2) is 5.11. The molecule has 6 nitrogen and oxygen atoms in total. The van der Waals surface area contributed by atoms with Crippen LogP contribution >= 0.6 is 0 Å². The van der Waals surface area contributed by atoms with Crippen LogP contribution in [0.3, 0.4) is 0 Å². The van der Waals surface area contributed by atoms with E-state index < -0.39 is 16.8 Å². The van der Waals surface area contributed by atoms with Crippen molar-refractivity contribution in [3.63, 3.8) is 0 Å². The van der Waals surface area contributed by atoms with Gasteiger partial charge in [0.15, 0.2) is 5.69 Å². The third-order valence-corrected chi connectivity index (χ3v) is 2.94. The summed E-state index contributed by atoms with van der Waals surface area (Å²) in [6.07, 6.45) is 1.61. The molecule has 0 fully saturated rings. The number of carbonyl (C=O) groups excluding carboxylic acids is 1. The number of nitrogen functional groups attached to an aromatic ring is 1. The van der Waals surface area contributed by atoms with E-state index in [0.29, 0.717) is 18.1 Å². The number of hydrogen-bond acceptors (Lipinski definition) is 5. The number of hydrogen-bond donors (Lipinski definition) is 1. The molecule has 1 aromatic heterocycles. The highest BCUT2D eigenvalue weighted by molar-refractivity contribution is 7.84. The van der Waals surface area contributed by atoms with E-state index in [1.54, 1.807) is 17.7 Å². The summed E-state index contributed by atoms with van der Waals surface area (Å²) in [5.74, 6) is 0.789. The van der Waals surface area contributed by atoms with Crippen molar-refractivity contribution in [3.05, 3.63) is 11.5 Å². The molecule has 0 saturated heterocycles. The number of aryl methyl sites for hydroxylation is 1. The van der Waals surface area contributed by atoms with Crippen LogP contribution < -0.4 is 5.73 Å². The maximum atomic E-state index is 11.3. The Morgan fingerprint density at radius 3 is 2.75 bits per heavy atom. The lowest BCUT2D eigenvalue weighted by molar-refractivity contribution is 0.0595. The average Bonchev–Trinajstić information content (AvgIpc) is 2.51. The number of imidazole rings is 1. The van der Waals surface area contributed by atoms with Crippen molar-refractivity contribution in [2.75, 3.05) is 24.9 Å². The Hall–Kier alpha value is -1.37. The lowest BCUT2D eigenvalue weighted by atomic mass is 10.4. The van der Waals surface area contributed by atoms with Crippen LogP contribution in [0.4, 0.5) is 5.82 Å². The number of methoxy groups -OCH3 is 1. The first-order chi connectivity index (χ1) is 7.47. The average molecular weight is 245 g/mol. The summed E-state index contributed by atoms with van der Waals surface area (Å²) >= 11 is 0. The molecule has 0 saturated carbocycles. The van der Waals surface area contributed by atoms with Crippen molar-refractivity contribution >= 4 is 22.6 Å². The van der Waals surface area contributed by atoms with Crippen LogP contribution in [0.1, 0.15) is 16.3 Å². The molecule has 1 heterocycles. The Bertz CT molecular complexity index is 428. The Morgan fingerprint density at radius 1 is 1.62 bits per heavy atom. The largest absolute Gasteiger partial charge is 0.464 e. The first kappa shape index (κ1) is 12.7. The first-order valence-electron chi connectivity index (χ1n) is 4.68. The maximum Gasteiger partial charge on any atom is 0.360 e. The Labute approximate surface area is 96.2 Å². The number of aromatic nitrogens is 2. The summed E-state index contributed by atoms with van der Waals surface area (Å²) in [7, 11) is 0.369. The van der Waals surface area contributed by atoms with E-state index in [1.165, 1.54) is 7.11 Å². The van der Waals surface area contributed by atoms with E-state index in [4.69, 9.17) is 5.73 Å². The summed E-state index contributed by atoms with van der Waals surface area (Å²) in [5.41, 5.74) is 5.88. The van der Waals surface area contributed by atoms with Gasteiger partial charge in [0, 0.05) is 29.4 Å². The van der Waals surface area contributed by atoms with Gasteiger partial charge in [-0.15, -0.1) is 0 Å². The molecule has 2 N–H and O–H groups in total. The van der Waals surface area contributed by atoms with E-state index in [1.807, 2.05) is 0 Å². The standard InChI is InChI=1S/C9H15N3O3S/c1-6-11-7(9(13)15-2)8(10)12(6)4-5-16(3)14/h4-5,10H2,1-3H3. The minimum atomic E-state index is -0.906. The van der Waals surface area contributed by atoms with Gasteiger partial charge in [0.1, 0.15) is 11.6 Å². The molecule has 0 aliphatic carbocycles. The van der Waals surface area contributed by atoms with Gasteiger partial charge in [0.2, 0.25) is 0 Å². The van der Waals surface area contributed by atoms with E-state index in [9.17, 15) is 9.00 Å². The van der Waals surface area contributed by atoms with Gasteiger partial charge < -0.3 is 15.0 Å². The fourth-order valence-electron chi connectivity index (χ4n) is 1.33. The molecule has 1 aromatic rings. The highest BCUT2D eigenvalue weighted by Gasteiger charge is 2.18. The molecule has 0 aromatic carbocycles. The van der Waals surface area contributed by atoms with E-state index in [-0.39, 0.29) is 11.5 Å². The molecular weight excluding hydrogens is 230 g/mol. The van der Waals surface area contributed by atoms with Crippen molar-refractivity contribution in [2.24, 2.45) is 0 Å². The minimum absolute atomic E-state index is 0.113. The quantitative estimate of drug-likeness (QED) is 0.751. The molecule has 0 radical (unpaired) electrons. The smallest absolute Gasteiger partial charge is 0.360 e. The Kier molecular flexibility index (Phi) is 4.05. The molecule has 1 rings (SSSR count). The highest BCUT2D eigenvalue weighted by Crippen LogP contribution is 2.14. The number of carbonyl (C=O) groups is 1. The normalized spacial score (nSPS) is 12.4. The van der Waals surface area contributed by atoms with Crippen LogP contribution in [0.2, 0.25) is 0 Å². The monoisotopic (exact) mass is 245 g/mol. The SMILES string of the molecule is COC(=O)c1nc(C)n(CCS(C)=O)c1N.